The zero-order valence-corrected chi connectivity index (χ0v) is 24.8. The Morgan fingerprint density at radius 3 is 2.21 bits per heavy atom. The first-order chi connectivity index (χ1) is 20.6. The van der Waals surface area contributed by atoms with E-state index >= 15 is 0 Å². The summed E-state index contributed by atoms with van der Waals surface area (Å²) in [6, 6.07) is 24.9. The van der Waals surface area contributed by atoms with Gasteiger partial charge in [0.05, 0.1) is 39.0 Å². The van der Waals surface area contributed by atoms with E-state index in [1.165, 1.54) is 42.5 Å². The Hall–Kier alpha value is -4.64. The molecule has 0 aliphatic heterocycles. The smallest absolute Gasteiger partial charge is 0.340 e. The number of anilines is 3. The maximum absolute atomic E-state index is 13.5. The summed E-state index contributed by atoms with van der Waals surface area (Å²) in [4.78, 5) is 38.1. The predicted octanol–water partition coefficient (Wildman–Crippen LogP) is 6.42. The summed E-state index contributed by atoms with van der Waals surface area (Å²) >= 11 is 12.1. The lowest BCUT2D eigenvalue weighted by Crippen LogP contribution is -2.31. The normalized spacial score (nSPS) is 10.8. The number of sulfonamides is 1. The van der Waals surface area contributed by atoms with E-state index in [-0.39, 0.29) is 33.3 Å². The minimum atomic E-state index is -4.17. The highest BCUT2D eigenvalue weighted by Crippen LogP contribution is 2.28. The molecular weight excluding hydrogens is 613 g/mol. The number of nitrogens with one attached hydrogen (secondary N) is 2. The Balaban J connectivity index is 1.46. The monoisotopic (exact) mass is 637 g/mol. The number of carbonyl (C=O) groups excluding carboxylic acids is 3. The fourth-order valence-corrected chi connectivity index (χ4v) is 5.70. The van der Waals surface area contributed by atoms with E-state index in [1.54, 1.807) is 48.5 Å². The van der Waals surface area contributed by atoms with Crippen LogP contribution in [0.1, 0.15) is 20.7 Å². The molecule has 9 nitrogen and oxygen atoms in total. The van der Waals surface area contributed by atoms with Crippen molar-refractivity contribution >= 4 is 68.1 Å². The van der Waals surface area contributed by atoms with Crippen LogP contribution in [0.4, 0.5) is 17.1 Å². The van der Waals surface area contributed by atoms with Crippen molar-refractivity contribution in [2.24, 2.45) is 0 Å². The lowest BCUT2D eigenvalue weighted by Gasteiger charge is -2.23. The standard InChI is InChI=1S/C31H25Cl2N3O6S/c1-2-18-36(23-14-12-21(32)13-15-23)43(40,41)24-16-17-27(33)26(19-24)31(39)42-20-29(37)35-28-11-7-6-10-25(28)30(38)34-22-8-4-3-5-9-22/h2-17,19H,1,18,20H2,(H,34,38)(H,35,37). The van der Waals surface area contributed by atoms with Crippen molar-refractivity contribution < 1.29 is 27.5 Å². The van der Waals surface area contributed by atoms with Gasteiger partial charge in [0.1, 0.15) is 0 Å². The molecule has 0 radical (unpaired) electrons. The Labute approximate surface area is 258 Å². The quantitative estimate of drug-likeness (QED) is 0.144. The lowest BCUT2D eigenvalue weighted by atomic mass is 10.1. The zero-order valence-electron chi connectivity index (χ0n) is 22.5. The van der Waals surface area contributed by atoms with Gasteiger partial charge >= 0.3 is 5.97 Å². The van der Waals surface area contributed by atoms with Crippen LogP contribution in [-0.4, -0.2) is 39.4 Å². The molecule has 0 saturated carbocycles. The maximum Gasteiger partial charge on any atom is 0.340 e. The first kappa shape index (κ1) is 31.3. The maximum atomic E-state index is 13.5. The van der Waals surface area contributed by atoms with Gasteiger partial charge in [-0.05, 0) is 66.7 Å². The summed E-state index contributed by atoms with van der Waals surface area (Å²) in [6.45, 7) is 2.84. The highest BCUT2D eigenvalue weighted by atomic mass is 35.5. The number of rotatable bonds is 11. The summed E-state index contributed by atoms with van der Waals surface area (Å²) in [6.07, 6.45) is 1.42. The highest BCUT2D eigenvalue weighted by Gasteiger charge is 2.26. The molecule has 0 spiro atoms. The number of hydrogen-bond donors (Lipinski definition) is 2. The molecule has 220 valence electrons. The molecule has 0 aliphatic carbocycles. The molecule has 0 heterocycles. The topological polar surface area (TPSA) is 122 Å². The largest absolute Gasteiger partial charge is 0.452 e. The van der Waals surface area contributed by atoms with Crippen molar-refractivity contribution in [3.63, 3.8) is 0 Å². The Bertz CT molecular complexity index is 1760. The van der Waals surface area contributed by atoms with Crippen molar-refractivity contribution in [3.8, 4) is 0 Å². The molecule has 2 amide bonds. The minimum Gasteiger partial charge on any atom is -0.452 e. The zero-order chi connectivity index (χ0) is 31.0. The van der Waals surface area contributed by atoms with Gasteiger partial charge in [-0.25, -0.2) is 13.2 Å². The molecule has 4 aromatic rings. The number of nitrogens with zero attached hydrogens (tertiary/aromatic N) is 1. The van der Waals surface area contributed by atoms with Crippen LogP contribution in [-0.2, 0) is 19.6 Å². The predicted molar refractivity (Wildman–Crippen MR) is 167 cm³/mol. The second-order valence-corrected chi connectivity index (χ2v) is 11.6. The average Bonchev–Trinajstić information content (AvgIpc) is 3.00. The molecule has 0 fully saturated rings. The molecule has 0 aliphatic rings. The summed E-state index contributed by atoms with van der Waals surface area (Å²) < 4.78 is 33.3. The van der Waals surface area contributed by atoms with Gasteiger partial charge in [0.25, 0.3) is 21.8 Å². The van der Waals surface area contributed by atoms with Crippen LogP contribution in [0.25, 0.3) is 0 Å². The van der Waals surface area contributed by atoms with Crippen molar-refractivity contribution in [1.82, 2.24) is 0 Å². The molecule has 0 unspecified atom stereocenters. The second-order valence-electron chi connectivity index (χ2n) is 8.93. The van der Waals surface area contributed by atoms with Crippen LogP contribution in [0.3, 0.4) is 0 Å². The first-order valence-corrected chi connectivity index (χ1v) is 14.9. The van der Waals surface area contributed by atoms with Crippen LogP contribution in [0.2, 0.25) is 10.0 Å². The van der Waals surface area contributed by atoms with E-state index in [4.69, 9.17) is 27.9 Å². The number of halogens is 2. The molecule has 12 heteroatoms. The molecule has 2 N–H and O–H groups in total. The van der Waals surface area contributed by atoms with E-state index in [0.717, 1.165) is 10.4 Å². The summed E-state index contributed by atoms with van der Waals surface area (Å²) in [5.41, 5.74) is 1.04. The SMILES string of the molecule is C=CCN(c1ccc(Cl)cc1)S(=O)(=O)c1ccc(Cl)c(C(=O)OCC(=O)Nc2ccccc2C(=O)Nc2ccccc2)c1. The number of amides is 2. The Morgan fingerprint density at radius 1 is 0.837 bits per heavy atom. The number of ether oxygens (including phenoxy) is 1. The van der Waals surface area contributed by atoms with Gasteiger partial charge in [-0.3, -0.25) is 13.9 Å². The molecular formula is C31H25Cl2N3O6S. The van der Waals surface area contributed by atoms with Crippen LogP contribution >= 0.6 is 23.2 Å². The molecule has 0 saturated heterocycles. The van der Waals surface area contributed by atoms with Gasteiger partial charge in [0.2, 0.25) is 0 Å². The number of para-hydroxylation sites is 2. The van der Waals surface area contributed by atoms with Gasteiger partial charge in [-0.15, -0.1) is 6.58 Å². The van der Waals surface area contributed by atoms with Crippen molar-refractivity contribution in [3.05, 3.63) is 131 Å². The Morgan fingerprint density at radius 2 is 1.51 bits per heavy atom. The van der Waals surface area contributed by atoms with E-state index in [0.29, 0.717) is 16.4 Å². The van der Waals surface area contributed by atoms with Crippen molar-refractivity contribution in [2.45, 2.75) is 4.90 Å². The molecule has 0 bridgehead atoms. The fourth-order valence-electron chi connectivity index (χ4n) is 3.92. The van der Waals surface area contributed by atoms with E-state index in [9.17, 15) is 22.8 Å². The first-order valence-electron chi connectivity index (χ1n) is 12.7. The molecule has 0 atom stereocenters. The van der Waals surface area contributed by atoms with E-state index in [1.807, 2.05) is 6.07 Å². The second kappa shape index (κ2) is 14.0. The van der Waals surface area contributed by atoms with Crippen LogP contribution in [0, 0.1) is 0 Å². The van der Waals surface area contributed by atoms with Gasteiger partial charge < -0.3 is 15.4 Å². The number of esters is 1. The van der Waals surface area contributed by atoms with Gasteiger partial charge in [-0.2, -0.15) is 0 Å². The number of hydrogen-bond acceptors (Lipinski definition) is 6. The highest BCUT2D eigenvalue weighted by molar-refractivity contribution is 7.92. The summed E-state index contributed by atoms with van der Waals surface area (Å²) in [7, 11) is -4.17. The fraction of sp³-hybridized carbons (Fsp3) is 0.0645. The van der Waals surface area contributed by atoms with E-state index < -0.39 is 34.4 Å². The molecule has 4 rings (SSSR count). The average molecular weight is 639 g/mol. The Kier molecular flexibility index (Phi) is 10.2. The summed E-state index contributed by atoms with van der Waals surface area (Å²) in [5.74, 6) is -2.20. The van der Waals surface area contributed by atoms with Crippen molar-refractivity contribution in [2.75, 3.05) is 28.1 Å². The van der Waals surface area contributed by atoms with Crippen LogP contribution in [0.5, 0.6) is 0 Å². The summed E-state index contributed by atoms with van der Waals surface area (Å²) in [5, 5.41) is 5.65. The van der Waals surface area contributed by atoms with E-state index in [2.05, 4.69) is 17.2 Å². The third-order valence-corrected chi connectivity index (χ3v) is 8.34. The van der Waals surface area contributed by atoms with Gasteiger partial charge in [0.15, 0.2) is 6.61 Å². The molecule has 43 heavy (non-hydrogen) atoms. The third-order valence-electron chi connectivity index (χ3n) is 5.97. The lowest BCUT2D eigenvalue weighted by molar-refractivity contribution is -0.119. The minimum absolute atomic E-state index is 0.0581. The van der Waals surface area contributed by atoms with Gasteiger partial charge in [-0.1, -0.05) is 59.6 Å². The van der Waals surface area contributed by atoms with Crippen LogP contribution < -0.4 is 14.9 Å². The number of benzene rings is 4. The van der Waals surface area contributed by atoms with Crippen molar-refractivity contribution in [1.29, 1.82) is 0 Å². The molecule has 4 aromatic carbocycles. The van der Waals surface area contributed by atoms with Crippen LogP contribution in [0.15, 0.2) is 115 Å². The number of carbonyl (C=O) groups is 3. The molecule has 0 aromatic heterocycles. The third kappa shape index (κ3) is 7.81. The van der Waals surface area contributed by atoms with Gasteiger partial charge in [0, 0.05) is 10.7 Å².